The maximum Gasteiger partial charge on any atom is 0.266 e. The van der Waals surface area contributed by atoms with Gasteiger partial charge in [-0.25, -0.2) is 9.96 Å². The summed E-state index contributed by atoms with van der Waals surface area (Å²) in [5.41, 5.74) is 5.03. The number of carbonyl (C=O) groups excluding carboxylic acids is 2. The summed E-state index contributed by atoms with van der Waals surface area (Å²) >= 11 is 0. The first-order valence-corrected chi connectivity index (χ1v) is 10.6. The van der Waals surface area contributed by atoms with Crippen molar-refractivity contribution >= 4 is 23.2 Å². The number of anilines is 2. The molecule has 3 aromatic carbocycles. The highest BCUT2D eigenvalue weighted by Crippen LogP contribution is 2.48. The Bertz CT molecular complexity index is 1180. The third-order valence-corrected chi connectivity index (χ3v) is 6.22. The lowest BCUT2D eigenvalue weighted by molar-refractivity contribution is -0.126. The predicted octanol–water partition coefficient (Wildman–Crippen LogP) is 4.37. The van der Waals surface area contributed by atoms with E-state index >= 15 is 0 Å². The molecule has 0 aromatic heterocycles. The van der Waals surface area contributed by atoms with Crippen molar-refractivity contribution in [1.29, 1.82) is 0 Å². The lowest BCUT2D eigenvalue weighted by atomic mass is 9.90. The van der Waals surface area contributed by atoms with Gasteiger partial charge in [-0.1, -0.05) is 48.0 Å². The number of phenolic OH excluding ortho intramolecular Hbond substituents is 1. The molecule has 0 aliphatic carbocycles. The highest BCUT2D eigenvalue weighted by atomic mass is 16.7. The molecule has 1 N–H and O–H groups in total. The number of benzene rings is 3. The Balaban J connectivity index is 1.61. The Morgan fingerprint density at radius 3 is 2.09 bits per heavy atom. The molecule has 0 unspecified atom stereocenters. The third kappa shape index (κ3) is 3.07. The number of nitrogens with zero attached hydrogens (tertiary/aromatic N) is 2. The van der Waals surface area contributed by atoms with Crippen molar-refractivity contribution in [3.05, 3.63) is 89.0 Å². The van der Waals surface area contributed by atoms with Crippen LogP contribution < -0.4 is 9.96 Å². The predicted molar refractivity (Wildman–Crippen MR) is 121 cm³/mol. The molecule has 0 radical (unpaired) electrons. The number of hydrogen-bond donors (Lipinski definition) is 1. The fraction of sp³-hybridized carbons (Fsp3) is 0.231. The van der Waals surface area contributed by atoms with Crippen LogP contribution >= 0.6 is 0 Å². The second-order valence-electron chi connectivity index (χ2n) is 8.51. The van der Waals surface area contributed by atoms with Crippen LogP contribution in [0, 0.1) is 26.7 Å². The molecule has 0 saturated carbocycles. The summed E-state index contributed by atoms with van der Waals surface area (Å²) in [6, 6.07) is 19.6. The summed E-state index contributed by atoms with van der Waals surface area (Å²) < 4.78 is 0. The minimum absolute atomic E-state index is 0.136. The number of phenols is 1. The number of hydrogen-bond acceptors (Lipinski definition) is 5. The Hall–Kier alpha value is -3.64. The van der Waals surface area contributed by atoms with Gasteiger partial charge >= 0.3 is 0 Å². The molecular weight excluding hydrogens is 404 g/mol. The molecule has 6 nitrogen and oxygen atoms in total. The largest absolute Gasteiger partial charge is 0.508 e. The fourth-order valence-corrected chi connectivity index (χ4v) is 4.97. The second-order valence-corrected chi connectivity index (χ2v) is 8.51. The van der Waals surface area contributed by atoms with Crippen molar-refractivity contribution in [3.63, 3.8) is 0 Å². The van der Waals surface area contributed by atoms with Gasteiger partial charge < -0.3 is 5.11 Å². The smallest absolute Gasteiger partial charge is 0.266 e. The van der Waals surface area contributed by atoms with Crippen molar-refractivity contribution in [1.82, 2.24) is 0 Å². The van der Waals surface area contributed by atoms with Gasteiger partial charge in [0.25, 0.3) is 5.91 Å². The van der Waals surface area contributed by atoms with Gasteiger partial charge in [-0.3, -0.25) is 14.4 Å². The van der Waals surface area contributed by atoms with Gasteiger partial charge in [-0.15, -0.1) is 0 Å². The molecule has 2 amide bonds. The molecule has 0 bridgehead atoms. The average Bonchev–Trinajstić information content (AvgIpc) is 3.26. The van der Waals surface area contributed by atoms with E-state index in [1.54, 1.807) is 29.3 Å². The van der Waals surface area contributed by atoms with Crippen LogP contribution in [0.25, 0.3) is 0 Å². The van der Waals surface area contributed by atoms with E-state index in [0.29, 0.717) is 5.69 Å². The normalized spacial score (nSPS) is 22.5. The maximum absolute atomic E-state index is 13.8. The highest BCUT2D eigenvalue weighted by Gasteiger charge is 2.60. The lowest BCUT2D eigenvalue weighted by Crippen LogP contribution is -2.38. The van der Waals surface area contributed by atoms with E-state index in [4.69, 9.17) is 4.84 Å². The Morgan fingerprint density at radius 1 is 0.844 bits per heavy atom. The number of carbonyl (C=O) groups is 2. The molecule has 2 saturated heterocycles. The van der Waals surface area contributed by atoms with Gasteiger partial charge in [0, 0.05) is 0 Å². The van der Waals surface area contributed by atoms with E-state index < -0.39 is 18.1 Å². The summed E-state index contributed by atoms with van der Waals surface area (Å²) in [6.07, 6.45) is -0.915. The molecule has 3 aromatic rings. The molecule has 5 rings (SSSR count). The maximum atomic E-state index is 13.8. The SMILES string of the molecule is Cc1cc(C)c(N2C(=O)[C@H]3[C@H](ON(c4ccccc4)[C@H]3c3ccc(O)cc3)C2=O)c(C)c1. The van der Waals surface area contributed by atoms with Gasteiger partial charge in [-0.2, -0.15) is 0 Å². The standard InChI is InChI=1S/C26H24N2O4/c1-15-13-16(2)22(17(3)14-15)27-25(30)21-23(18-9-11-20(29)12-10-18)28(32-24(21)26(27)31)19-7-5-4-6-8-19/h4-14,21,23-24,29H,1-3H3/t21-,23+,24+/m1/s1. The zero-order valence-electron chi connectivity index (χ0n) is 18.1. The van der Waals surface area contributed by atoms with Crippen molar-refractivity contribution in [2.24, 2.45) is 5.92 Å². The molecule has 32 heavy (non-hydrogen) atoms. The van der Waals surface area contributed by atoms with Gasteiger partial charge in [-0.05, 0) is 61.7 Å². The minimum Gasteiger partial charge on any atom is -0.508 e. The van der Waals surface area contributed by atoms with Crippen LogP contribution in [0.3, 0.4) is 0 Å². The Labute approximate surface area is 186 Å². The number of para-hydroxylation sites is 1. The van der Waals surface area contributed by atoms with Gasteiger partial charge in [0.05, 0.1) is 17.4 Å². The van der Waals surface area contributed by atoms with E-state index in [-0.39, 0.29) is 17.6 Å². The van der Waals surface area contributed by atoms with Crippen molar-refractivity contribution in [2.75, 3.05) is 9.96 Å². The van der Waals surface area contributed by atoms with Gasteiger partial charge in [0.2, 0.25) is 5.91 Å². The van der Waals surface area contributed by atoms with E-state index in [2.05, 4.69) is 0 Å². The first kappa shape index (κ1) is 20.3. The van der Waals surface area contributed by atoms with Gasteiger partial charge in [0.15, 0.2) is 6.10 Å². The first-order valence-electron chi connectivity index (χ1n) is 10.6. The summed E-state index contributed by atoms with van der Waals surface area (Å²) in [7, 11) is 0. The number of fused-ring (bicyclic) bond motifs is 1. The minimum atomic E-state index is -0.915. The van der Waals surface area contributed by atoms with Crippen LogP contribution in [0.5, 0.6) is 5.75 Å². The quantitative estimate of drug-likeness (QED) is 0.628. The van der Waals surface area contributed by atoms with Crippen LogP contribution in [0.2, 0.25) is 0 Å². The molecule has 2 aliphatic rings. The van der Waals surface area contributed by atoms with Crippen LogP contribution in [0.15, 0.2) is 66.7 Å². The first-order chi connectivity index (χ1) is 15.4. The summed E-state index contributed by atoms with van der Waals surface area (Å²) in [5.74, 6) is -1.19. The number of imide groups is 1. The molecule has 2 heterocycles. The monoisotopic (exact) mass is 428 g/mol. The zero-order chi connectivity index (χ0) is 22.6. The van der Waals surface area contributed by atoms with E-state index in [1.165, 1.54) is 4.90 Å². The van der Waals surface area contributed by atoms with E-state index in [0.717, 1.165) is 27.9 Å². The molecule has 162 valence electrons. The van der Waals surface area contributed by atoms with Crippen molar-refractivity contribution in [2.45, 2.75) is 32.9 Å². The average molecular weight is 428 g/mol. The molecule has 2 fully saturated rings. The third-order valence-electron chi connectivity index (χ3n) is 6.22. The summed E-state index contributed by atoms with van der Waals surface area (Å²) in [5, 5.41) is 11.4. The number of hydroxylamine groups is 1. The topological polar surface area (TPSA) is 70.1 Å². The van der Waals surface area contributed by atoms with E-state index in [9.17, 15) is 14.7 Å². The van der Waals surface area contributed by atoms with Crippen LogP contribution in [0.1, 0.15) is 28.3 Å². The highest BCUT2D eigenvalue weighted by molar-refractivity contribution is 6.24. The second kappa shape index (κ2) is 7.50. The van der Waals surface area contributed by atoms with Crippen molar-refractivity contribution in [3.8, 4) is 5.75 Å². The number of aryl methyl sites for hydroxylation is 3. The van der Waals surface area contributed by atoms with Crippen LogP contribution in [-0.4, -0.2) is 23.0 Å². The molecule has 0 spiro atoms. The van der Waals surface area contributed by atoms with E-state index in [1.807, 2.05) is 63.2 Å². The molecular formula is C26H24N2O4. The summed E-state index contributed by atoms with van der Waals surface area (Å²) in [6.45, 7) is 5.82. The van der Waals surface area contributed by atoms with Crippen LogP contribution in [-0.2, 0) is 14.4 Å². The molecule has 6 heteroatoms. The zero-order valence-corrected chi connectivity index (χ0v) is 18.1. The Morgan fingerprint density at radius 2 is 1.47 bits per heavy atom. The van der Waals surface area contributed by atoms with Crippen molar-refractivity contribution < 1.29 is 19.5 Å². The van der Waals surface area contributed by atoms with Gasteiger partial charge in [0.1, 0.15) is 11.7 Å². The fourth-order valence-electron chi connectivity index (χ4n) is 4.97. The number of amides is 2. The number of aromatic hydroxyl groups is 1. The molecule has 3 atom stereocenters. The van der Waals surface area contributed by atoms with Crippen LogP contribution in [0.4, 0.5) is 11.4 Å². The molecule has 2 aliphatic heterocycles. The summed E-state index contributed by atoms with van der Waals surface area (Å²) in [4.78, 5) is 34.7. The number of rotatable bonds is 3. The lowest BCUT2D eigenvalue weighted by Gasteiger charge is -2.29. The Kier molecular flexibility index (Phi) is 4.75.